The highest BCUT2D eigenvalue weighted by atomic mass is 32.2. The Balaban J connectivity index is 1.94. The summed E-state index contributed by atoms with van der Waals surface area (Å²) in [5.41, 5.74) is 4.12. The first-order chi connectivity index (χ1) is 13.9. The third-order valence-corrected chi connectivity index (χ3v) is 6.61. The molecule has 0 aliphatic rings. The number of carbonyl (C=O) groups excluding carboxylic acids is 1. The molecule has 0 radical (unpaired) electrons. The van der Waals surface area contributed by atoms with Crippen LogP contribution in [0.15, 0.2) is 41.2 Å². The molecule has 0 aliphatic carbocycles. The second kappa shape index (κ2) is 7.64. The predicted octanol–water partition coefficient (Wildman–Crippen LogP) is 2.29. The second-order valence-electron chi connectivity index (χ2n) is 7.60. The van der Waals surface area contributed by atoms with E-state index in [0.29, 0.717) is 16.9 Å². The van der Waals surface area contributed by atoms with E-state index in [0.717, 1.165) is 27.2 Å². The molecule has 1 heterocycles. The first kappa shape index (κ1) is 21.6. The molecule has 1 amide bonds. The van der Waals surface area contributed by atoms with Crippen molar-refractivity contribution in [3.63, 3.8) is 0 Å². The number of fused-ring (bicyclic) bond motifs is 1. The van der Waals surface area contributed by atoms with Gasteiger partial charge in [-0.2, -0.15) is 0 Å². The van der Waals surface area contributed by atoms with Gasteiger partial charge in [-0.25, -0.2) is 13.2 Å². The highest BCUT2D eigenvalue weighted by Gasteiger charge is 2.29. The van der Waals surface area contributed by atoms with E-state index in [1.165, 1.54) is 9.13 Å². The number of nitrogens with one attached hydrogen (secondary N) is 1. The minimum Gasteiger partial charge on any atom is -0.324 e. The molecule has 0 spiro atoms. The van der Waals surface area contributed by atoms with Gasteiger partial charge in [-0.1, -0.05) is 6.07 Å². The molecule has 0 fully saturated rings. The van der Waals surface area contributed by atoms with Gasteiger partial charge in [-0.05, 0) is 62.2 Å². The Morgan fingerprint density at radius 2 is 1.63 bits per heavy atom. The van der Waals surface area contributed by atoms with Gasteiger partial charge in [-0.3, -0.25) is 18.2 Å². The fraction of sp³-hybridized carbons (Fsp3) is 0.333. The van der Waals surface area contributed by atoms with Crippen LogP contribution in [0.25, 0.3) is 11.0 Å². The number of rotatable bonds is 5. The largest absolute Gasteiger partial charge is 0.328 e. The molecule has 0 aliphatic heterocycles. The van der Waals surface area contributed by atoms with E-state index in [9.17, 15) is 18.0 Å². The Morgan fingerprint density at radius 3 is 2.23 bits per heavy atom. The lowest BCUT2D eigenvalue weighted by Gasteiger charge is -2.28. The Kier molecular flexibility index (Phi) is 5.51. The predicted molar refractivity (Wildman–Crippen MR) is 119 cm³/mol. The average molecular weight is 431 g/mol. The number of nitrogens with zero attached hydrogens (tertiary/aromatic N) is 3. The van der Waals surface area contributed by atoms with Crippen molar-refractivity contribution in [1.29, 1.82) is 0 Å². The van der Waals surface area contributed by atoms with Crippen LogP contribution in [0.2, 0.25) is 0 Å². The van der Waals surface area contributed by atoms with Gasteiger partial charge in [0.1, 0.15) is 6.04 Å². The van der Waals surface area contributed by atoms with Gasteiger partial charge < -0.3 is 5.32 Å². The van der Waals surface area contributed by atoms with Gasteiger partial charge in [0, 0.05) is 19.8 Å². The van der Waals surface area contributed by atoms with Gasteiger partial charge in [0.25, 0.3) is 0 Å². The van der Waals surface area contributed by atoms with Crippen LogP contribution in [0.4, 0.5) is 11.4 Å². The topological polar surface area (TPSA) is 93.4 Å². The van der Waals surface area contributed by atoms with E-state index in [1.807, 2.05) is 19.9 Å². The lowest BCUT2D eigenvalue weighted by molar-refractivity contribution is -0.116. The Morgan fingerprint density at radius 1 is 1.00 bits per heavy atom. The van der Waals surface area contributed by atoms with Gasteiger partial charge in [-0.15, -0.1) is 0 Å². The van der Waals surface area contributed by atoms with Crippen molar-refractivity contribution in [3.8, 4) is 0 Å². The Labute approximate surface area is 175 Å². The third-order valence-electron chi connectivity index (χ3n) is 5.37. The molecular weight excluding hydrogens is 404 g/mol. The molecule has 0 saturated carbocycles. The monoisotopic (exact) mass is 430 g/mol. The summed E-state index contributed by atoms with van der Waals surface area (Å²) in [6, 6.07) is 9.43. The number of anilines is 2. The van der Waals surface area contributed by atoms with Crippen molar-refractivity contribution < 1.29 is 13.2 Å². The smallest absolute Gasteiger partial charge is 0.324 e. The summed E-state index contributed by atoms with van der Waals surface area (Å²) in [4.78, 5) is 25.0. The zero-order valence-corrected chi connectivity index (χ0v) is 18.7. The molecule has 2 aromatic carbocycles. The Hall–Kier alpha value is -3.07. The second-order valence-corrected chi connectivity index (χ2v) is 9.46. The van der Waals surface area contributed by atoms with Crippen LogP contribution in [-0.4, -0.2) is 35.8 Å². The van der Waals surface area contributed by atoms with Crippen LogP contribution in [0.5, 0.6) is 0 Å². The SMILES string of the molecule is Cc1ccc(N(C(C)C(=O)Nc2ccc3c(c2)n(C)c(=O)n3C)S(C)(=O)=O)cc1C. The number of hydrogen-bond donors (Lipinski definition) is 1. The summed E-state index contributed by atoms with van der Waals surface area (Å²) in [5, 5.41) is 2.77. The van der Waals surface area contributed by atoms with Gasteiger partial charge >= 0.3 is 5.69 Å². The number of aromatic nitrogens is 2. The van der Waals surface area contributed by atoms with Gasteiger partial charge in [0.15, 0.2) is 0 Å². The molecule has 1 unspecified atom stereocenters. The standard InChI is InChI=1S/C21H26N4O4S/c1-13-7-9-17(11-14(13)2)25(30(6,28)29)15(3)20(26)22-16-8-10-18-19(12-16)24(5)21(27)23(18)4/h7-12,15H,1-6H3,(H,22,26). The minimum atomic E-state index is -3.70. The van der Waals surface area contributed by atoms with E-state index in [2.05, 4.69) is 5.32 Å². The molecule has 1 N–H and O–H groups in total. The number of aryl methyl sites for hydroxylation is 4. The van der Waals surface area contributed by atoms with E-state index < -0.39 is 22.0 Å². The molecule has 30 heavy (non-hydrogen) atoms. The highest BCUT2D eigenvalue weighted by molar-refractivity contribution is 7.92. The van der Waals surface area contributed by atoms with Crippen molar-refractivity contribution in [1.82, 2.24) is 9.13 Å². The summed E-state index contributed by atoms with van der Waals surface area (Å²) in [6.07, 6.45) is 1.08. The molecule has 1 atom stereocenters. The lowest BCUT2D eigenvalue weighted by atomic mass is 10.1. The zero-order chi connectivity index (χ0) is 22.4. The third kappa shape index (κ3) is 3.85. The normalized spacial score (nSPS) is 12.7. The van der Waals surface area contributed by atoms with Crippen LogP contribution in [0.3, 0.4) is 0 Å². The van der Waals surface area contributed by atoms with Crippen molar-refractivity contribution in [2.24, 2.45) is 14.1 Å². The lowest BCUT2D eigenvalue weighted by Crippen LogP contribution is -2.45. The first-order valence-corrected chi connectivity index (χ1v) is 11.3. The van der Waals surface area contributed by atoms with Crippen LogP contribution >= 0.6 is 0 Å². The van der Waals surface area contributed by atoms with Crippen LogP contribution < -0.4 is 15.3 Å². The quantitative estimate of drug-likeness (QED) is 0.672. The minimum absolute atomic E-state index is 0.167. The zero-order valence-electron chi connectivity index (χ0n) is 17.9. The molecule has 1 aromatic heterocycles. The number of carbonyl (C=O) groups is 1. The maximum Gasteiger partial charge on any atom is 0.328 e. The summed E-state index contributed by atoms with van der Waals surface area (Å²) in [5.74, 6) is -0.473. The molecule has 3 aromatic rings. The maximum absolute atomic E-state index is 12.9. The maximum atomic E-state index is 12.9. The van der Waals surface area contributed by atoms with Crippen LogP contribution in [-0.2, 0) is 28.9 Å². The van der Waals surface area contributed by atoms with Crippen molar-refractivity contribution in [2.45, 2.75) is 26.8 Å². The average Bonchev–Trinajstić information content (AvgIpc) is 2.87. The van der Waals surface area contributed by atoms with Gasteiger partial charge in [0.05, 0.1) is 23.0 Å². The fourth-order valence-corrected chi connectivity index (χ4v) is 4.67. The summed E-state index contributed by atoms with van der Waals surface area (Å²) in [7, 11) is -0.368. The summed E-state index contributed by atoms with van der Waals surface area (Å²) < 4.78 is 29.1. The molecule has 3 rings (SSSR count). The van der Waals surface area contributed by atoms with Crippen molar-refractivity contribution in [2.75, 3.05) is 15.9 Å². The highest BCUT2D eigenvalue weighted by Crippen LogP contribution is 2.25. The van der Waals surface area contributed by atoms with Crippen molar-refractivity contribution >= 4 is 38.3 Å². The van der Waals surface area contributed by atoms with E-state index in [4.69, 9.17) is 0 Å². The summed E-state index contributed by atoms with van der Waals surface area (Å²) in [6.45, 7) is 5.37. The van der Waals surface area contributed by atoms with E-state index in [-0.39, 0.29) is 5.69 Å². The van der Waals surface area contributed by atoms with Crippen LogP contribution in [0, 0.1) is 13.8 Å². The summed E-state index contributed by atoms with van der Waals surface area (Å²) >= 11 is 0. The number of hydrogen-bond acceptors (Lipinski definition) is 4. The molecule has 0 bridgehead atoms. The number of sulfonamides is 1. The first-order valence-electron chi connectivity index (χ1n) is 9.45. The van der Waals surface area contributed by atoms with E-state index in [1.54, 1.807) is 51.4 Å². The Bertz CT molecular complexity index is 1300. The van der Waals surface area contributed by atoms with Crippen molar-refractivity contribution in [3.05, 3.63) is 58.0 Å². The number of benzene rings is 2. The molecular formula is C21H26N4O4S. The van der Waals surface area contributed by atoms with E-state index >= 15 is 0 Å². The number of imidazole rings is 1. The molecule has 160 valence electrons. The number of amides is 1. The molecule has 8 nitrogen and oxygen atoms in total. The molecule has 9 heteroatoms. The fourth-order valence-electron chi connectivity index (χ4n) is 3.50. The molecule has 0 saturated heterocycles. The van der Waals surface area contributed by atoms with Crippen LogP contribution in [0.1, 0.15) is 18.1 Å². The van der Waals surface area contributed by atoms with Gasteiger partial charge in [0.2, 0.25) is 15.9 Å².